The van der Waals surface area contributed by atoms with Gasteiger partial charge in [-0.1, -0.05) is 30.4 Å². The zero-order valence-corrected chi connectivity index (χ0v) is 11.5. The monoisotopic (exact) mass is 340 g/mol. The van der Waals surface area contributed by atoms with Gasteiger partial charge >= 0.3 is 0 Å². The van der Waals surface area contributed by atoms with Gasteiger partial charge in [0, 0.05) is 12.0 Å². The highest BCUT2D eigenvalue weighted by atomic mass is 127. The summed E-state index contributed by atoms with van der Waals surface area (Å²) in [7, 11) is 0. The first-order chi connectivity index (χ1) is 6.82. The zero-order valence-electron chi connectivity index (χ0n) is 8.48. The van der Waals surface area contributed by atoms with Crippen molar-refractivity contribution >= 4 is 37.7 Å². The second-order valence-corrected chi connectivity index (χ2v) is 6.31. The quantitative estimate of drug-likeness (QED) is 0.448. The Morgan fingerprint density at radius 3 is 2.53 bits per heavy atom. The summed E-state index contributed by atoms with van der Waals surface area (Å²) < 4.78 is 28.1. The molecular weight excluding hydrogens is 329 g/mol. The summed E-state index contributed by atoms with van der Waals surface area (Å²) in [6.07, 6.45) is 0.367. The Hall–Kier alpha value is -0.100. The van der Waals surface area contributed by atoms with Gasteiger partial charge in [-0.05, 0) is 42.0 Å². The highest BCUT2D eigenvalue weighted by Gasteiger charge is 2.24. The minimum atomic E-state index is -1.66. The molecule has 0 nitrogen and oxygen atoms in total. The van der Waals surface area contributed by atoms with Crippen molar-refractivity contribution in [2.75, 3.05) is 0 Å². The largest absolute Gasteiger partial charge is 0.239 e. The number of hydrogen-bond donors (Lipinski definition) is 0. The van der Waals surface area contributed by atoms with Gasteiger partial charge in [-0.25, -0.2) is 8.78 Å². The molecule has 15 heavy (non-hydrogen) atoms. The average molecular weight is 340 g/mol. The van der Waals surface area contributed by atoms with Crippen LogP contribution < -0.4 is 0 Å². The fourth-order valence-electron chi connectivity index (χ4n) is 1.33. The lowest BCUT2D eigenvalue weighted by molar-refractivity contribution is 0.213. The average Bonchev–Trinajstić information content (AvgIpc) is 2.05. The van der Waals surface area contributed by atoms with E-state index in [1.807, 2.05) is 22.6 Å². The molecule has 0 N–H and O–H groups in total. The molecule has 1 rings (SSSR count). The van der Waals surface area contributed by atoms with Gasteiger partial charge in [0.25, 0.3) is 0 Å². The standard InChI is InChI=1S/C11H11F2IS/c1-11(2,13)8-5-3-4-7(10(8)12)6-9(14)15/h3-5H,6H2,1-2H3. The Kier molecular flexibility index (Phi) is 4.17. The van der Waals surface area contributed by atoms with E-state index in [1.165, 1.54) is 19.9 Å². The van der Waals surface area contributed by atoms with E-state index in [-0.39, 0.29) is 5.56 Å². The lowest BCUT2D eigenvalue weighted by Gasteiger charge is -2.17. The van der Waals surface area contributed by atoms with Crippen LogP contribution in [0.1, 0.15) is 25.0 Å². The number of alkyl halides is 1. The molecular formula is C11H11F2IS. The van der Waals surface area contributed by atoms with Gasteiger partial charge in [0.2, 0.25) is 0 Å². The molecule has 0 atom stereocenters. The molecule has 0 aliphatic heterocycles. The number of rotatable bonds is 3. The summed E-state index contributed by atoms with van der Waals surface area (Å²) in [6.45, 7) is 2.69. The summed E-state index contributed by atoms with van der Waals surface area (Å²) >= 11 is 6.87. The molecule has 0 unspecified atom stereocenters. The molecule has 0 radical (unpaired) electrons. The van der Waals surface area contributed by atoms with Crippen LogP contribution in [0.25, 0.3) is 0 Å². The van der Waals surface area contributed by atoms with Crippen molar-refractivity contribution in [2.24, 2.45) is 0 Å². The predicted octanol–water partition coefficient (Wildman–Crippen LogP) is 4.34. The van der Waals surface area contributed by atoms with Crippen LogP contribution in [0.3, 0.4) is 0 Å². The highest BCUT2D eigenvalue weighted by Crippen LogP contribution is 2.28. The van der Waals surface area contributed by atoms with Crippen molar-refractivity contribution in [1.82, 2.24) is 0 Å². The van der Waals surface area contributed by atoms with Crippen LogP contribution in [-0.2, 0) is 12.1 Å². The van der Waals surface area contributed by atoms with Crippen LogP contribution in [0.5, 0.6) is 0 Å². The van der Waals surface area contributed by atoms with Crippen molar-refractivity contribution in [3.63, 3.8) is 0 Å². The molecule has 4 heteroatoms. The molecule has 0 aromatic heterocycles. The minimum absolute atomic E-state index is 0.0904. The second kappa shape index (κ2) is 4.82. The van der Waals surface area contributed by atoms with Crippen LogP contribution in [0.15, 0.2) is 18.2 Å². The zero-order chi connectivity index (χ0) is 11.6. The molecule has 0 aliphatic rings. The maximum Gasteiger partial charge on any atom is 0.133 e. The van der Waals surface area contributed by atoms with E-state index >= 15 is 0 Å². The molecule has 0 bridgehead atoms. The second-order valence-electron chi connectivity index (χ2n) is 3.78. The smallest absolute Gasteiger partial charge is 0.133 e. The van der Waals surface area contributed by atoms with Crippen molar-refractivity contribution in [2.45, 2.75) is 25.9 Å². The third-order valence-corrected chi connectivity index (χ3v) is 2.57. The fraction of sp³-hybridized carbons (Fsp3) is 0.364. The van der Waals surface area contributed by atoms with Gasteiger partial charge in [-0.2, -0.15) is 0 Å². The van der Waals surface area contributed by atoms with Gasteiger partial charge in [-0.15, -0.1) is 0 Å². The van der Waals surface area contributed by atoms with Gasteiger partial charge in [0.05, 0.1) is 2.87 Å². The van der Waals surface area contributed by atoms with Crippen molar-refractivity contribution in [3.8, 4) is 0 Å². The number of benzene rings is 1. The fourth-order valence-corrected chi connectivity index (χ4v) is 1.89. The summed E-state index contributed by atoms with van der Waals surface area (Å²) in [6, 6.07) is 4.76. The molecule has 0 saturated carbocycles. The van der Waals surface area contributed by atoms with E-state index in [0.29, 0.717) is 14.9 Å². The molecule has 0 fully saturated rings. The Labute approximate surface area is 107 Å². The Bertz CT molecular complexity index is 383. The van der Waals surface area contributed by atoms with E-state index in [1.54, 1.807) is 12.1 Å². The molecule has 1 aromatic rings. The summed E-state index contributed by atoms with van der Waals surface area (Å²) in [5.41, 5.74) is -1.11. The summed E-state index contributed by atoms with van der Waals surface area (Å²) in [5.74, 6) is -0.482. The van der Waals surface area contributed by atoms with Gasteiger partial charge in [-0.3, -0.25) is 0 Å². The first-order valence-electron chi connectivity index (χ1n) is 4.47. The third kappa shape index (κ3) is 3.45. The lowest BCUT2D eigenvalue weighted by atomic mass is 9.96. The summed E-state index contributed by atoms with van der Waals surface area (Å²) in [4.78, 5) is 0. The van der Waals surface area contributed by atoms with Crippen LogP contribution >= 0.6 is 34.8 Å². The first kappa shape index (κ1) is 13.0. The van der Waals surface area contributed by atoms with Crippen molar-refractivity contribution in [3.05, 3.63) is 35.1 Å². The molecule has 0 heterocycles. The highest BCUT2D eigenvalue weighted by molar-refractivity contribution is 14.1. The number of halogens is 3. The molecule has 0 saturated heterocycles. The Morgan fingerprint density at radius 2 is 2.07 bits per heavy atom. The van der Waals surface area contributed by atoms with Crippen LogP contribution in [-0.4, -0.2) is 2.87 Å². The van der Waals surface area contributed by atoms with Gasteiger partial charge in [0.15, 0.2) is 0 Å². The third-order valence-electron chi connectivity index (χ3n) is 2.05. The predicted molar refractivity (Wildman–Crippen MR) is 70.9 cm³/mol. The van der Waals surface area contributed by atoms with E-state index in [0.717, 1.165) is 0 Å². The molecule has 0 amide bonds. The van der Waals surface area contributed by atoms with Gasteiger partial charge < -0.3 is 0 Å². The summed E-state index contributed by atoms with van der Waals surface area (Å²) in [5, 5.41) is 0. The normalized spacial score (nSPS) is 11.5. The Balaban J connectivity index is 3.17. The maximum atomic E-state index is 13.8. The van der Waals surface area contributed by atoms with Crippen LogP contribution in [0.4, 0.5) is 8.78 Å². The minimum Gasteiger partial charge on any atom is -0.239 e. The first-order valence-corrected chi connectivity index (χ1v) is 5.96. The van der Waals surface area contributed by atoms with Crippen LogP contribution in [0, 0.1) is 5.82 Å². The molecule has 82 valence electrons. The van der Waals surface area contributed by atoms with Crippen molar-refractivity contribution < 1.29 is 8.78 Å². The lowest BCUT2D eigenvalue weighted by Crippen LogP contribution is -2.13. The van der Waals surface area contributed by atoms with Crippen molar-refractivity contribution in [1.29, 1.82) is 0 Å². The molecule has 0 spiro atoms. The van der Waals surface area contributed by atoms with E-state index in [4.69, 9.17) is 12.2 Å². The Morgan fingerprint density at radius 1 is 1.47 bits per heavy atom. The number of hydrogen-bond acceptors (Lipinski definition) is 1. The van der Waals surface area contributed by atoms with E-state index < -0.39 is 11.5 Å². The van der Waals surface area contributed by atoms with Gasteiger partial charge in [0.1, 0.15) is 11.5 Å². The van der Waals surface area contributed by atoms with Crippen LogP contribution in [0.2, 0.25) is 0 Å². The molecule has 0 aliphatic carbocycles. The van der Waals surface area contributed by atoms with E-state index in [9.17, 15) is 8.78 Å². The van der Waals surface area contributed by atoms with E-state index in [2.05, 4.69) is 0 Å². The number of thiocarbonyl (C=S) groups is 1. The maximum absolute atomic E-state index is 13.8. The topological polar surface area (TPSA) is 0 Å². The molecule has 1 aromatic carbocycles. The SMILES string of the molecule is CC(C)(F)c1cccc(CC(=S)I)c1F.